The Morgan fingerprint density at radius 1 is 0.306 bits per heavy atom. The second-order valence-corrected chi connectivity index (χ2v) is 22.3. The summed E-state index contributed by atoms with van der Waals surface area (Å²) in [7, 11) is 6.40. The van der Waals surface area contributed by atoms with Gasteiger partial charge < -0.3 is 37.9 Å². The van der Waals surface area contributed by atoms with Gasteiger partial charge in [0.1, 0.15) is 49.4 Å². The third-order valence-electron chi connectivity index (χ3n) is 11.9. The van der Waals surface area contributed by atoms with Gasteiger partial charge in [0.25, 0.3) is 0 Å². The number of rotatable bonds is 20. The van der Waals surface area contributed by atoms with Gasteiger partial charge >= 0.3 is 0 Å². The summed E-state index contributed by atoms with van der Waals surface area (Å²) >= 11 is 0. The summed E-state index contributed by atoms with van der Waals surface area (Å²) in [5.41, 5.74) is 3.26. The van der Waals surface area contributed by atoms with Crippen molar-refractivity contribution >= 4 is 22.7 Å². The van der Waals surface area contributed by atoms with E-state index in [1.165, 1.54) is 0 Å². The molecule has 0 aliphatic heterocycles. The SMILES string of the molecule is COCCOc1c2cc(N([O])C(C)(C)C)cc1Cc1cc(N([O])C(C)(C)C)cc(c1OCCOC)Cc1cc(N([O])C(C)(C)C)cc(c1OCCOC)Cc1cc(N([O])C(C)(C)C)cc(c1OCCOC)C2. The van der Waals surface area contributed by atoms with Gasteiger partial charge in [-0.3, -0.25) is 0 Å². The molecule has 396 valence electrons. The molecule has 4 radical (unpaired) electrons. The maximum Gasteiger partial charge on any atom is 0.126 e. The quantitative estimate of drug-likeness (QED) is 0.0536. The van der Waals surface area contributed by atoms with Gasteiger partial charge in [0, 0.05) is 98.6 Å². The average molecular weight is 1000 g/mol. The average Bonchev–Trinajstić information content (AvgIpc) is 3.29. The van der Waals surface area contributed by atoms with Gasteiger partial charge in [-0.15, -0.1) is 0 Å². The van der Waals surface area contributed by atoms with Crippen LogP contribution >= 0.6 is 0 Å². The number of methoxy groups -OCH3 is 4. The van der Waals surface area contributed by atoms with E-state index in [4.69, 9.17) is 37.9 Å². The fourth-order valence-electron chi connectivity index (χ4n) is 8.48. The molecule has 4 aromatic rings. The molecule has 16 heteroatoms. The van der Waals surface area contributed by atoms with Crippen molar-refractivity contribution in [2.45, 2.75) is 131 Å². The Balaban J connectivity index is 2.07. The molecule has 0 saturated carbocycles. The topological polar surface area (TPSA) is 166 Å². The highest BCUT2D eigenvalue weighted by atomic mass is 16.5. The summed E-state index contributed by atoms with van der Waals surface area (Å²) in [6, 6.07) is 14.7. The predicted octanol–water partition coefficient (Wildman–Crippen LogP) is 10.3. The highest BCUT2D eigenvalue weighted by Gasteiger charge is 2.32. The molecule has 0 spiro atoms. The van der Waals surface area contributed by atoms with E-state index in [0.29, 0.717) is 90.3 Å². The van der Waals surface area contributed by atoms with Crippen LogP contribution in [-0.4, -0.2) is 103 Å². The van der Waals surface area contributed by atoms with E-state index in [2.05, 4.69) is 0 Å². The first kappa shape index (κ1) is 57.9. The lowest BCUT2D eigenvalue weighted by Crippen LogP contribution is -2.37. The Hall–Kier alpha value is -5.04. The third kappa shape index (κ3) is 14.6. The standard InChI is InChI=1S/C56H80N4O12/c1-53(2,3)57(61)45-29-37-25-39-31-46(58(62)54(4,5)6)33-41(50(39)70-22-18-66-14)27-43-35-48(60(64)56(10,11)12)36-44(52(43)72-24-20-68-16)28-42-34-47(59(63)55(7,8)9)32-40(51(42)71-23-19-67-15)26-38(30-45)49(37)69-21-17-65-13/h29-36H,17-28H2,1-16H3. The first-order valence-corrected chi connectivity index (χ1v) is 24.7. The van der Waals surface area contributed by atoms with E-state index in [9.17, 15) is 20.8 Å². The van der Waals surface area contributed by atoms with Crippen LogP contribution in [-0.2, 0) is 65.5 Å². The van der Waals surface area contributed by atoms with Crippen LogP contribution in [0.3, 0.4) is 0 Å². The number of ether oxygens (including phenoxy) is 8. The van der Waals surface area contributed by atoms with Crippen molar-refractivity contribution in [2.24, 2.45) is 0 Å². The molecule has 0 unspecified atom stereocenters. The second-order valence-electron chi connectivity index (χ2n) is 22.3. The largest absolute Gasteiger partial charge is 0.491 e. The van der Waals surface area contributed by atoms with Crippen molar-refractivity contribution in [3.05, 3.63) is 93.0 Å². The lowest BCUT2D eigenvalue weighted by Gasteiger charge is -2.32. The highest BCUT2D eigenvalue weighted by molar-refractivity contribution is 5.67. The van der Waals surface area contributed by atoms with Crippen molar-refractivity contribution in [2.75, 3.05) is 102 Å². The lowest BCUT2D eigenvalue weighted by atomic mass is 9.89. The maximum atomic E-state index is 14.5. The van der Waals surface area contributed by atoms with Crippen molar-refractivity contribution in [3.8, 4) is 23.0 Å². The summed E-state index contributed by atoms with van der Waals surface area (Å²) in [4.78, 5) is 0. The molecule has 0 atom stereocenters. The van der Waals surface area contributed by atoms with Crippen LogP contribution in [0.1, 0.15) is 128 Å². The Labute approximate surface area is 428 Å². The number of hydrogen-bond donors (Lipinski definition) is 0. The number of hydrogen-bond acceptors (Lipinski definition) is 12. The summed E-state index contributed by atoms with van der Waals surface area (Å²) in [5.74, 6) is 2.00. The molecule has 0 saturated heterocycles. The van der Waals surface area contributed by atoms with E-state index in [1.54, 1.807) is 28.4 Å². The first-order valence-electron chi connectivity index (χ1n) is 24.7. The zero-order valence-corrected chi connectivity index (χ0v) is 45.8. The van der Waals surface area contributed by atoms with Gasteiger partial charge in [0.15, 0.2) is 0 Å². The summed E-state index contributed by atoms with van der Waals surface area (Å²) < 4.78 is 49.0. The molecule has 72 heavy (non-hydrogen) atoms. The molecule has 8 bridgehead atoms. The fraction of sp³-hybridized carbons (Fsp3) is 0.571. The monoisotopic (exact) mass is 1000 g/mol. The molecule has 1 aliphatic carbocycles. The van der Waals surface area contributed by atoms with Gasteiger partial charge in [-0.1, -0.05) is 20.8 Å². The molecule has 0 aromatic heterocycles. The normalized spacial score (nSPS) is 13.2. The van der Waals surface area contributed by atoms with Crippen LogP contribution in [0, 0.1) is 0 Å². The van der Waals surface area contributed by atoms with Gasteiger partial charge in [-0.2, -0.15) is 0 Å². The minimum Gasteiger partial charge on any atom is -0.491 e. The van der Waals surface area contributed by atoms with Crippen LogP contribution in [0.5, 0.6) is 23.0 Å². The van der Waals surface area contributed by atoms with Crippen molar-refractivity contribution in [3.63, 3.8) is 0 Å². The number of anilines is 4. The van der Waals surface area contributed by atoms with Crippen LogP contribution in [0.15, 0.2) is 48.5 Å². The van der Waals surface area contributed by atoms with Crippen molar-refractivity contribution < 1.29 is 58.7 Å². The molecular formula is C56H80N4O12. The van der Waals surface area contributed by atoms with E-state index < -0.39 is 22.2 Å². The van der Waals surface area contributed by atoms with Gasteiger partial charge in [0.05, 0.1) is 71.3 Å². The van der Waals surface area contributed by atoms with E-state index in [0.717, 1.165) is 20.3 Å². The lowest BCUT2D eigenvalue weighted by molar-refractivity contribution is 0.102. The van der Waals surface area contributed by atoms with Gasteiger partial charge in [-0.05, 0) is 132 Å². The minimum absolute atomic E-state index is 0.143. The molecule has 0 fully saturated rings. The van der Waals surface area contributed by atoms with Crippen LogP contribution in [0.2, 0.25) is 0 Å². The Morgan fingerprint density at radius 2 is 0.458 bits per heavy atom. The molecule has 4 aromatic carbocycles. The third-order valence-corrected chi connectivity index (χ3v) is 11.9. The smallest absolute Gasteiger partial charge is 0.126 e. The molecule has 0 heterocycles. The van der Waals surface area contributed by atoms with Crippen LogP contribution in [0.25, 0.3) is 0 Å². The van der Waals surface area contributed by atoms with Crippen LogP contribution < -0.4 is 39.2 Å². The predicted molar refractivity (Wildman–Crippen MR) is 278 cm³/mol. The number of nitrogens with zero attached hydrogens (tertiary/aromatic N) is 4. The summed E-state index contributed by atoms with van der Waals surface area (Å²) in [6.45, 7) is 23.9. The Morgan fingerprint density at radius 3 is 0.583 bits per heavy atom. The Bertz CT molecular complexity index is 1990. The molecule has 0 N–H and O–H groups in total. The number of benzene rings is 4. The van der Waals surface area contributed by atoms with E-state index >= 15 is 0 Å². The highest BCUT2D eigenvalue weighted by Crippen LogP contribution is 2.45. The molecular weight excluding hydrogens is 921 g/mol. The van der Waals surface area contributed by atoms with Gasteiger partial charge in [0.2, 0.25) is 0 Å². The van der Waals surface area contributed by atoms with Crippen LogP contribution in [0.4, 0.5) is 22.7 Å². The maximum absolute atomic E-state index is 14.5. The molecule has 5 rings (SSSR count). The van der Waals surface area contributed by atoms with E-state index in [1.807, 2.05) is 132 Å². The van der Waals surface area contributed by atoms with Crippen molar-refractivity contribution in [1.82, 2.24) is 0 Å². The fourth-order valence-corrected chi connectivity index (χ4v) is 8.48. The summed E-state index contributed by atoms with van der Waals surface area (Å²) in [6.07, 6.45) is 0.571. The number of fused-ring (bicyclic) bond motifs is 8. The molecule has 16 nitrogen and oxygen atoms in total. The second kappa shape index (κ2) is 24.3. The summed E-state index contributed by atoms with van der Waals surface area (Å²) in [5, 5.41) is 61.8. The Kier molecular flexibility index (Phi) is 19.6. The van der Waals surface area contributed by atoms with Crippen molar-refractivity contribution in [1.29, 1.82) is 0 Å². The molecule has 0 amide bonds. The zero-order chi connectivity index (χ0) is 53.3. The zero-order valence-electron chi connectivity index (χ0n) is 45.8. The van der Waals surface area contributed by atoms with E-state index in [-0.39, 0.29) is 78.5 Å². The first-order chi connectivity index (χ1) is 33.7. The number of hydroxylamine groups is 4. The van der Waals surface area contributed by atoms with Gasteiger partial charge in [-0.25, -0.2) is 20.3 Å². The minimum atomic E-state index is -0.847. The molecule has 1 aliphatic rings.